The molecule has 0 fully saturated rings. The van der Waals surface area contributed by atoms with E-state index < -0.39 is 42.1 Å². The lowest BCUT2D eigenvalue weighted by molar-refractivity contribution is -0.493. The van der Waals surface area contributed by atoms with E-state index in [-0.39, 0.29) is 0 Å². The van der Waals surface area contributed by atoms with Crippen molar-refractivity contribution in [1.82, 2.24) is 0 Å². The number of ether oxygens (including phenoxy) is 1. The summed E-state index contributed by atoms with van der Waals surface area (Å²) in [5.41, 5.74) is 0. The largest absolute Gasteiger partial charge is 0.462 e. The summed E-state index contributed by atoms with van der Waals surface area (Å²) in [5, 5.41) is 0. The maximum atomic E-state index is 12.5. The average molecular weight is 366 g/mol. The highest BCUT2D eigenvalue weighted by Gasteiger charge is 2.79. The van der Waals surface area contributed by atoms with Crippen LogP contribution in [-0.2, 0) is 4.74 Å². The van der Waals surface area contributed by atoms with Gasteiger partial charge in [0.25, 0.3) is 0 Å². The van der Waals surface area contributed by atoms with Crippen LogP contribution in [-0.4, -0.2) is 30.2 Å². The van der Waals surface area contributed by atoms with Crippen molar-refractivity contribution in [3.8, 4) is 0 Å². The molecule has 0 aliphatic carbocycles. The van der Waals surface area contributed by atoms with E-state index in [0.29, 0.717) is 0 Å². The number of halogens is 14. The van der Waals surface area contributed by atoms with Crippen LogP contribution in [0.15, 0.2) is 11.9 Å². The van der Waals surface area contributed by atoms with Gasteiger partial charge in [-0.25, -0.2) is 4.74 Å². The monoisotopic (exact) mass is 366 g/mol. The Kier molecular flexibility index (Phi) is 5.10. The molecule has 0 aromatic heterocycles. The van der Waals surface area contributed by atoms with Gasteiger partial charge in [-0.2, -0.15) is 61.5 Å². The van der Waals surface area contributed by atoms with Crippen molar-refractivity contribution in [1.29, 1.82) is 0 Å². The van der Waals surface area contributed by atoms with Gasteiger partial charge in [-0.05, 0) is 0 Å². The van der Waals surface area contributed by atoms with Crippen molar-refractivity contribution in [2.24, 2.45) is 0 Å². The first kappa shape index (κ1) is 20.7. The van der Waals surface area contributed by atoms with Gasteiger partial charge in [0.15, 0.2) is 0 Å². The third-order valence-corrected chi connectivity index (χ3v) is 1.79. The zero-order valence-corrected chi connectivity index (χ0v) is 9.20. The minimum Gasteiger partial charge on any atom is -0.245 e. The molecular weight excluding hydrogens is 366 g/mol. The molecule has 0 saturated heterocycles. The number of hydrogen-bond acceptors (Lipinski definition) is 1. The van der Waals surface area contributed by atoms with Gasteiger partial charge in [0, 0.05) is 0 Å². The van der Waals surface area contributed by atoms with Gasteiger partial charge in [0.05, 0.1) is 0 Å². The maximum Gasteiger partial charge on any atom is 0.462 e. The third kappa shape index (κ3) is 3.38. The Hall–Kier alpha value is -1.28. The van der Waals surface area contributed by atoms with Crippen molar-refractivity contribution in [3.63, 3.8) is 0 Å². The first-order valence-electron chi connectivity index (χ1n) is 4.30. The topological polar surface area (TPSA) is 9.23 Å². The van der Waals surface area contributed by atoms with Gasteiger partial charge >= 0.3 is 36.3 Å². The Morgan fingerprint density at radius 1 is 0.591 bits per heavy atom. The van der Waals surface area contributed by atoms with Gasteiger partial charge in [0.2, 0.25) is 5.83 Å². The van der Waals surface area contributed by atoms with E-state index in [9.17, 15) is 61.5 Å². The molecular formula is C7F14O. The molecule has 0 saturated carbocycles. The van der Waals surface area contributed by atoms with Crippen LogP contribution in [0.2, 0.25) is 0 Å². The van der Waals surface area contributed by atoms with E-state index in [1.807, 2.05) is 0 Å². The van der Waals surface area contributed by atoms with Crippen LogP contribution in [0.1, 0.15) is 0 Å². The molecule has 22 heavy (non-hydrogen) atoms. The Bertz CT molecular complexity index is 441. The lowest BCUT2D eigenvalue weighted by Gasteiger charge is -2.32. The molecule has 0 atom stereocenters. The summed E-state index contributed by atoms with van der Waals surface area (Å²) in [5.74, 6) is -18.7. The standard InChI is InChI=1S/C7F14O/c8-1(2(9)10)3(11,12)6(18,19)22-7(20,21)4(13,14)5(15,16)17. The maximum absolute atomic E-state index is 12.5. The molecule has 0 aromatic carbocycles. The van der Waals surface area contributed by atoms with Gasteiger partial charge in [-0.15, -0.1) is 0 Å². The quantitative estimate of drug-likeness (QED) is 0.616. The van der Waals surface area contributed by atoms with Crippen LogP contribution < -0.4 is 0 Å². The Labute approximate surface area is 110 Å². The predicted molar refractivity (Wildman–Crippen MR) is 37.3 cm³/mol. The minimum absolute atomic E-state index is 1.36. The highest BCUT2D eigenvalue weighted by Crippen LogP contribution is 2.52. The summed E-state index contributed by atoms with van der Waals surface area (Å²) >= 11 is 0. The molecule has 1 nitrogen and oxygen atoms in total. The molecule has 0 aliphatic rings. The molecule has 0 bridgehead atoms. The van der Waals surface area contributed by atoms with Crippen LogP contribution >= 0.6 is 0 Å². The van der Waals surface area contributed by atoms with Crippen molar-refractivity contribution >= 4 is 0 Å². The molecule has 0 N–H and O–H groups in total. The zero-order chi connectivity index (χ0) is 18.4. The second-order valence-corrected chi connectivity index (χ2v) is 3.36. The van der Waals surface area contributed by atoms with Crippen LogP contribution in [0.4, 0.5) is 61.5 Å². The van der Waals surface area contributed by atoms with E-state index >= 15 is 0 Å². The smallest absolute Gasteiger partial charge is 0.245 e. The summed E-state index contributed by atoms with van der Waals surface area (Å²) < 4.78 is 170. The van der Waals surface area contributed by atoms with E-state index in [0.717, 1.165) is 0 Å². The molecule has 0 radical (unpaired) electrons. The third-order valence-electron chi connectivity index (χ3n) is 1.79. The molecule has 0 aromatic rings. The summed E-state index contributed by atoms with van der Waals surface area (Å²) in [6.07, 6.45) is -25.9. The molecule has 15 heteroatoms. The van der Waals surface area contributed by atoms with Gasteiger partial charge in [-0.1, -0.05) is 0 Å². The molecule has 0 amide bonds. The predicted octanol–water partition coefficient (Wildman–Crippen LogP) is 5.10. The lowest BCUT2D eigenvalue weighted by atomic mass is 10.2. The summed E-state index contributed by atoms with van der Waals surface area (Å²) in [7, 11) is 0. The minimum atomic E-state index is -7.41. The number of alkyl halides is 11. The van der Waals surface area contributed by atoms with Gasteiger partial charge in [0.1, 0.15) is 0 Å². The molecule has 132 valence electrons. The van der Waals surface area contributed by atoms with Crippen LogP contribution in [0.5, 0.6) is 0 Å². The average Bonchev–Trinajstić information content (AvgIpc) is 2.24. The fourth-order valence-electron chi connectivity index (χ4n) is 0.701. The molecule has 0 heterocycles. The highest BCUT2D eigenvalue weighted by atomic mass is 19.4. The zero-order valence-electron chi connectivity index (χ0n) is 9.20. The van der Waals surface area contributed by atoms with E-state index in [2.05, 4.69) is 0 Å². The number of rotatable bonds is 5. The van der Waals surface area contributed by atoms with Crippen molar-refractivity contribution in [3.05, 3.63) is 11.9 Å². The second-order valence-electron chi connectivity index (χ2n) is 3.36. The van der Waals surface area contributed by atoms with Crippen molar-refractivity contribution < 1.29 is 66.2 Å². The summed E-state index contributed by atoms with van der Waals surface area (Å²) in [6.45, 7) is 0. The van der Waals surface area contributed by atoms with E-state index in [4.69, 9.17) is 0 Å². The number of hydrogen-bond donors (Lipinski definition) is 0. The highest BCUT2D eigenvalue weighted by molar-refractivity contribution is 5.09. The van der Waals surface area contributed by atoms with E-state index in [1.165, 1.54) is 4.74 Å². The fourth-order valence-corrected chi connectivity index (χ4v) is 0.701. The van der Waals surface area contributed by atoms with Crippen LogP contribution in [0, 0.1) is 0 Å². The summed E-state index contributed by atoms with van der Waals surface area (Å²) in [4.78, 5) is 0. The lowest BCUT2D eigenvalue weighted by Crippen LogP contribution is -2.58. The second kappa shape index (κ2) is 5.42. The molecule has 0 aliphatic heterocycles. The SMILES string of the molecule is FC(F)=C(F)C(F)(F)C(F)(F)OC(F)(F)C(F)(F)C(F)(F)F. The Morgan fingerprint density at radius 3 is 1.23 bits per heavy atom. The first-order chi connectivity index (χ1) is 9.31. The van der Waals surface area contributed by atoms with Gasteiger partial charge < -0.3 is 0 Å². The van der Waals surface area contributed by atoms with Crippen LogP contribution in [0.25, 0.3) is 0 Å². The van der Waals surface area contributed by atoms with Crippen LogP contribution in [0.3, 0.4) is 0 Å². The fraction of sp³-hybridized carbons (Fsp3) is 0.714. The van der Waals surface area contributed by atoms with Gasteiger partial charge in [-0.3, -0.25) is 0 Å². The molecule has 0 rings (SSSR count). The van der Waals surface area contributed by atoms with Crippen molar-refractivity contribution in [2.45, 2.75) is 30.2 Å². The normalized spacial score (nSPS) is 15.0. The summed E-state index contributed by atoms with van der Waals surface area (Å²) in [6, 6.07) is 0. The molecule has 0 spiro atoms. The Morgan fingerprint density at radius 2 is 0.955 bits per heavy atom. The first-order valence-corrected chi connectivity index (χ1v) is 4.30. The van der Waals surface area contributed by atoms with Crippen molar-refractivity contribution in [2.75, 3.05) is 0 Å². The molecule has 0 unspecified atom stereocenters. The Balaban J connectivity index is 5.77. The van der Waals surface area contributed by atoms with E-state index in [1.54, 1.807) is 0 Å².